The molecule has 23 heavy (non-hydrogen) atoms. The number of allylic oxidation sites excluding steroid dienone is 1. The molecule has 1 amide bonds. The smallest absolute Gasteiger partial charge is 0.229 e. The molecule has 1 saturated heterocycles. The molecule has 0 bridgehead atoms. The molecule has 4 heteroatoms. The Kier molecular flexibility index (Phi) is 4.00. The van der Waals surface area contributed by atoms with Gasteiger partial charge in [0.2, 0.25) is 5.91 Å². The van der Waals surface area contributed by atoms with Gasteiger partial charge >= 0.3 is 0 Å². The van der Waals surface area contributed by atoms with Crippen molar-refractivity contribution >= 4 is 11.7 Å². The molecule has 2 fully saturated rings. The van der Waals surface area contributed by atoms with Gasteiger partial charge in [-0.2, -0.15) is 0 Å². The molecule has 1 aromatic carbocycles. The van der Waals surface area contributed by atoms with E-state index in [2.05, 4.69) is 0 Å². The first kappa shape index (κ1) is 15.8. The van der Waals surface area contributed by atoms with Crippen molar-refractivity contribution in [2.75, 3.05) is 6.54 Å². The molecule has 0 radical (unpaired) electrons. The number of aliphatic hydroxyl groups excluding tert-OH is 1. The molecular weight excluding hydrogens is 290 g/mol. The monoisotopic (exact) mass is 313 g/mol. The van der Waals surface area contributed by atoms with Crippen LogP contribution in [0, 0.1) is 17.3 Å². The average Bonchev–Trinajstić information content (AvgIpc) is 2.56. The summed E-state index contributed by atoms with van der Waals surface area (Å²) in [6.07, 6.45) is 2.06. The van der Waals surface area contributed by atoms with Crippen molar-refractivity contribution in [3.05, 3.63) is 47.7 Å². The van der Waals surface area contributed by atoms with Crippen molar-refractivity contribution in [3.8, 4) is 0 Å². The summed E-state index contributed by atoms with van der Waals surface area (Å²) >= 11 is 0. The Labute approximate surface area is 136 Å². The van der Waals surface area contributed by atoms with E-state index in [1.54, 1.807) is 0 Å². The van der Waals surface area contributed by atoms with E-state index in [9.17, 15) is 14.7 Å². The van der Waals surface area contributed by atoms with Crippen LogP contribution in [0.1, 0.15) is 32.3 Å². The topological polar surface area (TPSA) is 57.6 Å². The number of piperidine rings is 1. The van der Waals surface area contributed by atoms with Gasteiger partial charge in [0.15, 0.2) is 5.78 Å². The van der Waals surface area contributed by atoms with Crippen molar-refractivity contribution in [2.45, 2.75) is 33.2 Å². The SMILES string of the molecule is CC1C(=O)/C(=C\O)CC2(C)C(=O)N(Cc3ccccc3)CCC12. The Morgan fingerprint density at radius 3 is 2.65 bits per heavy atom. The van der Waals surface area contributed by atoms with E-state index in [-0.39, 0.29) is 23.5 Å². The molecule has 1 N–H and O–H groups in total. The largest absolute Gasteiger partial charge is 0.515 e. The maximum Gasteiger partial charge on any atom is 0.229 e. The second kappa shape index (κ2) is 5.84. The van der Waals surface area contributed by atoms with Crippen LogP contribution in [0.15, 0.2) is 42.2 Å². The third kappa shape index (κ3) is 2.56. The van der Waals surface area contributed by atoms with E-state index in [0.29, 0.717) is 25.1 Å². The number of carbonyl (C=O) groups is 2. The van der Waals surface area contributed by atoms with E-state index in [1.807, 2.05) is 49.1 Å². The Balaban J connectivity index is 1.86. The molecule has 0 spiro atoms. The third-order valence-corrected chi connectivity index (χ3v) is 5.57. The van der Waals surface area contributed by atoms with Crippen LogP contribution in [0.3, 0.4) is 0 Å². The van der Waals surface area contributed by atoms with Gasteiger partial charge in [0.1, 0.15) is 0 Å². The van der Waals surface area contributed by atoms with Crippen LogP contribution in [-0.2, 0) is 16.1 Å². The zero-order chi connectivity index (χ0) is 16.6. The van der Waals surface area contributed by atoms with E-state index in [4.69, 9.17) is 0 Å². The molecule has 2 aliphatic rings. The second-order valence-corrected chi connectivity index (χ2v) is 7.01. The van der Waals surface area contributed by atoms with Crippen LogP contribution in [0.5, 0.6) is 0 Å². The van der Waals surface area contributed by atoms with Gasteiger partial charge in [-0.3, -0.25) is 9.59 Å². The van der Waals surface area contributed by atoms with Crippen molar-refractivity contribution in [2.24, 2.45) is 17.3 Å². The lowest BCUT2D eigenvalue weighted by Crippen LogP contribution is -2.57. The minimum Gasteiger partial charge on any atom is -0.515 e. The highest BCUT2D eigenvalue weighted by Crippen LogP contribution is 2.50. The molecule has 3 unspecified atom stereocenters. The third-order valence-electron chi connectivity index (χ3n) is 5.57. The highest BCUT2D eigenvalue weighted by molar-refractivity contribution is 6.00. The quantitative estimate of drug-likeness (QED) is 0.674. The van der Waals surface area contributed by atoms with Crippen molar-refractivity contribution < 1.29 is 14.7 Å². The summed E-state index contributed by atoms with van der Waals surface area (Å²) in [5.74, 6) is -0.0798. The van der Waals surface area contributed by atoms with Crippen molar-refractivity contribution in [3.63, 3.8) is 0 Å². The Bertz CT molecular complexity index is 652. The second-order valence-electron chi connectivity index (χ2n) is 7.01. The molecule has 122 valence electrons. The molecule has 0 aromatic heterocycles. The van der Waals surface area contributed by atoms with Crippen LogP contribution in [-0.4, -0.2) is 28.2 Å². The van der Waals surface area contributed by atoms with Gasteiger partial charge < -0.3 is 10.0 Å². The van der Waals surface area contributed by atoms with E-state index in [0.717, 1.165) is 18.2 Å². The number of nitrogens with zero attached hydrogens (tertiary/aromatic N) is 1. The summed E-state index contributed by atoms with van der Waals surface area (Å²) in [7, 11) is 0. The number of rotatable bonds is 2. The highest BCUT2D eigenvalue weighted by Gasteiger charge is 2.54. The highest BCUT2D eigenvalue weighted by atomic mass is 16.2. The molecular formula is C19H23NO3. The summed E-state index contributed by atoms with van der Waals surface area (Å²) in [6.45, 7) is 5.11. The number of carbonyl (C=O) groups excluding carboxylic acids is 2. The normalized spacial score (nSPS) is 33.0. The number of hydrogen-bond donors (Lipinski definition) is 1. The Morgan fingerprint density at radius 2 is 2.00 bits per heavy atom. The first-order chi connectivity index (χ1) is 11.0. The van der Waals surface area contributed by atoms with Gasteiger partial charge in [0.25, 0.3) is 0 Å². The minimum absolute atomic E-state index is 0.0146. The van der Waals surface area contributed by atoms with E-state index < -0.39 is 5.41 Å². The molecule has 3 rings (SSSR count). The van der Waals surface area contributed by atoms with Gasteiger partial charge in [0, 0.05) is 24.6 Å². The number of fused-ring (bicyclic) bond motifs is 1. The molecule has 1 heterocycles. The first-order valence-electron chi connectivity index (χ1n) is 8.18. The summed E-state index contributed by atoms with van der Waals surface area (Å²) in [5.41, 5.74) is 0.890. The fraction of sp³-hybridized carbons (Fsp3) is 0.474. The lowest BCUT2D eigenvalue weighted by atomic mass is 9.58. The van der Waals surface area contributed by atoms with Crippen LogP contribution < -0.4 is 0 Å². The fourth-order valence-corrected chi connectivity index (χ4v) is 4.27. The predicted molar refractivity (Wildman–Crippen MR) is 87.6 cm³/mol. The summed E-state index contributed by atoms with van der Waals surface area (Å²) in [4.78, 5) is 27.3. The Hall–Kier alpha value is -2.10. The van der Waals surface area contributed by atoms with Crippen LogP contribution in [0.4, 0.5) is 0 Å². The first-order valence-corrected chi connectivity index (χ1v) is 8.18. The number of benzene rings is 1. The fourth-order valence-electron chi connectivity index (χ4n) is 4.27. The summed E-state index contributed by atoms with van der Waals surface area (Å²) in [5, 5.41) is 9.36. The van der Waals surface area contributed by atoms with Crippen LogP contribution >= 0.6 is 0 Å². The standard InChI is InChI=1S/C19H23NO3/c1-13-16-8-9-20(11-14-6-4-3-5-7-14)18(23)19(16,2)10-15(12-21)17(13)22/h3-7,12-13,16,21H,8-11H2,1-2H3/b15-12-. The summed E-state index contributed by atoms with van der Waals surface area (Å²) in [6, 6.07) is 9.96. The molecule has 1 aliphatic carbocycles. The van der Waals surface area contributed by atoms with Crippen molar-refractivity contribution in [1.82, 2.24) is 4.90 Å². The van der Waals surface area contributed by atoms with Crippen molar-refractivity contribution in [1.29, 1.82) is 0 Å². The molecule has 1 aromatic rings. The predicted octanol–water partition coefficient (Wildman–Crippen LogP) is 3.09. The van der Waals surface area contributed by atoms with Crippen LogP contribution in [0.25, 0.3) is 0 Å². The van der Waals surface area contributed by atoms with Crippen LogP contribution in [0.2, 0.25) is 0 Å². The van der Waals surface area contributed by atoms with Gasteiger partial charge in [-0.05, 0) is 24.3 Å². The van der Waals surface area contributed by atoms with Gasteiger partial charge in [0.05, 0.1) is 11.7 Å². The minimum atomic E-state index is -0.602. The molecule has 1 aliphatic heterocycles. The average molecular weight is 313 g/mol. The number of aliphatic hydroxyl groups is 1. The number of hydrogen-bond acceptors (Lipinski definition) is 3. The van der Waals surface area contributed by atoms with Gasteiger partial charge in [-0.25, -0.2) is 0 Å². The van der Waals surface area contributed by atoms with E-state index >= 15 is 0 Å². The number of amides is 1. The number of ketones is 1. The maximum atomic E-state index is 13.1. The number of likely N-dealkylation sites (tertiary alicyclic amines) is 1. The Morgan fingerprint density at radius 1 is 1.30 bits per heavy atom. The zero-order valence-electron chi connectivity index (χ0n) is 13.7. The van der Waals surface area contributed by atoms with Gasteiger partial charge in [-0.1, -0.05) is 44.2 Å². The molecule has 3 atom stereocenters. The lowest BCUT2D eigenvalue weighted by molar-refractivity contribution is -0.156. The van der Waals surface area contributed by atoms with E-state index in [1.165, 1.54) is 0 Å². The molecule has 1 saturated carbocycles. The number of Topliss-reactive ketones (excluding diaryl/α,β-unsaturated/α-hetero) is 1. The lowest BCUT2D eigenvalue weighted by Gasteiger charge is -2.50. The maximum absolute atomic E-state index is 13.1. The summed E-state index contributed by atoms with van der Waals surface area (Å²) < 4.78 is 0. The molecule has 4 nitrogen and oxygen atoms in total. The zero-order valence-corrected chi connectivity index (χ0v) is 13.7. The van der Waals surface area contributed by atoms with Gasteiger partial charge in [-0.15, -0.1) is 0 Å².